The quantitative estimate of drug-likeness (QED) is 0.678. The Kier molecular flexibility index (Phi) is 5.92. The Morgan fingerprint density at radius 1 is 1.00 bits per heavy atom. The van der Waals surface area contributed by atoms with E-state index < -0.39 is 6.04 Å². The Morgan fingerprint density at radius 3 is 2.27 bits per heavy atom. The van der Waals surface area contributed by atoms with Gasteiger partial charge in [-0.05, 0) is 19.4 Å². The zero-order valence-corrected chi connectivity index (χ0v) is 17.4. The number of aromatic nitrogens is 2. The molecule has 0 bridgehead atoms. The first kappa shape index (κ1) is 20.3. The minimum Gasteiger partial charge on any atom is -0.368 e. The number of piperazine rings is 1. The minimum atomic E-state index is -0.403. The molecule has 1 amide bonds. The first-order valence-corrected chi connectivity index (χ1v) is 10.3. The zero-order valence-electron chi connectivity index (χ0n) is 17.4. The van der Waals surface area contributed by atoms with Crippen LogP contribution in [0.15, 0.2) is 59.1 Å². The van der Waals surface area contributed by atoms with Gasteiger partial charge in [-0.2, -0.15) is 4.98 Å². The SMILES string of the molecule is Cc1ccc(-c2noc(C(C)N3CCN(C(C(N)=O)c4ccccc4)CC3)n2)cc1. The van der Waals surface area contributed by atoms with Crippen molar-refractivity contribution in [1.29, 1.82) is 0 Å². The van der Waals surface area contributed by atoms with Crippen LogP contribution in [0.5, 0.6) is 0 Å². The van der Waals surface area contributed by atoms with Crippen molar-refractivity contribution >= 4 is 5.91 Å². The average Bonchev–Trinajstić information content (AvgIpc) is 3.25. The maximum absolute atomic E-state index is 12.1. The Balaban J connectivity index is 1.41. The van der Waals surface area contributed by atoms with E-state index in [1.165, 1.54) is 5.56 Å². The summed E-state index contributed by atoms with van der Waals surface area (Å²) in [5.74, 6) is 0.893. The fourth-order valence-corrected chi connectivity index (χ4v) is 3.95. The number of hydrogen-bond acceptors (Lipinski definition) is 6. The smallest absolute Gasteiger partial charge is 0.244 e. The van der Waals surface area contributed by atoms with Crippen LogP contribution >= 0.6 is 0 Å². The number of aryl methyl sites for hydroxylation is 1. The summed E-state index contributed by atoms with van der Waals surface area (Å²) in [5.41, 5.74) is 8.80. The van der Waals surface area contributed by atoms with Crippen molar-refractivity contribution in [3.05, 3.63) is 71.6 Å². The lowest BCUT2D eigenvalue weighted by Crippen LogP contribution is -2.50. The second-order valence-electron chi connectivity index (χ2n) is 7.79. The van der Waals surface area contributed by atoms with Crippen LogP contribution < -0.4 is 5.73 Å². The number of carbonyl (C=O) groups is 1. The van der Waals surface area contributed by atoms with Crippen LogP contribution in [-0.2, 0) is 4.79 Å². The van der Waals surface area contributed by atoms with Crippen molar-refractivity contribution in [2.24, 2.45) is 5.73 Å². The monoisotopic (exact) mass is 405 g/mol. The molecule has 1 fully saturated rings. The van der Waals surface area contributed by atoms with Crippen LogP contribution in [0.4, 0.5) is 0 Å². The number of carbonyl (C=O) groups excluding carboxylic acids is 1. The van der Waals surface area contributed by atoms with Crippen molar-refractivity contribution < 1.29 is 9.32 Å². The van der Waals surface area contributed by atoms with Gasteiger partial charge in [0.1, 0.15) is 6.04 Å². The maximum atomic E-state index is 12.1. The van der Waals surface area contributed by atoms with Gasteiger partial charge in [0.15, 0.2) is 0 Å². The molecule has 0 radical (unpaired) electrons. The number of primary amides is 1. The molecule has 0 spiro atoms. The lowest BCUT2D eigenvalue weighted by molar-refractivity contribution is -0.124. The Morgan fingerprint density at radius 2 is 1.63 bits per heavy atom. The number of hydrogen-bond donors (Lipinski definition) is 1. The van der Waals surface area contributed by atoms with Gasteiger partial charge >= 0.3 is 0 Å². The molecule has 30 heavy (non-hydrogen) atoms. The van der Waals surface area contributed by atoms with Crippen molar-refractivity contribution in [2.75, 3.05) is 26.2 Å². The summed E-state index contributed by atoms with van der Waals surface area (Å²) < 4.78 is 5.56. The third kappa shape index (κ3) is 4.27. The van der Waals surface area contributed by atoms with E-state index in [2.05, 4.69) is 26.9 Å². The molecule has 7 nitrogen and oxygen atoms in total. The molecule has 0 aliphatic carbocycles. The van der Waals surface area contributed by atoms with Gasteiger partial charge in [-0.3, -0.25) is 14.6 Å². The fraction of sp³-hybridized carbons (Fsp3) is 0.348. The van der Waals surface area contributed by atoms with Crippen LogP contribution in [0.2, 0.25) is 0 Å². The van der Waals surface area contributed by atoms with Crippen LogP contribution in [0.3, 0.4) is 0 Å². The number of benzene rings is 2. The normalized spacial score (nSPS) is 17.5. The highest BCUT2D eigenvalue weighted by atomic mass is 16.5. The van der Waals surface area contributed by atoms with Gasteiger partial charge in [0.25, 0.3) is 0 Å². The van der Waals surface area contributed by atoms with Gasteiger partial charge < -0.3 is 10.3 Å². The van der Waals surface area contributed by atoms with Crippen LogP contribution in [0.25, 0.3) is 11.4 Å². The third-order valence-electron chi connectivity index (χ3n) is 5.76. The highest BCUT2D eigenvalue weighted by molar-refractivity contribution is 5.81. The highest BCUT2D eigenvalue weighted by Crippen LogP contribution is 2.27. The molecule has 2 atom stereocenters. The van der Waals surface area contributed by atoms with E-state index in [0.717, 1.165) is 37.3 Å². The molecule has 7 heteroatoms. The molecule has 1 saturated heterocycles. The first-order chi connectivity index (χ1) is 14.5. The molecular formula is C23H27N5O2. The summed E-state index contributed by atoms with van der Waals surface area (Å²) in [6.45, 7) is 7.19. The lowest BCUT2D eigenvalue weighted by atomic mass is 10.0. The van der Waals surface area contributed by atoms with E-state index in [4.69, 9.17) is 10.3 Å². The maximum Gasteiger partial charge on any atom is 0.244 e. The van der Waals surface area contributed by atoms with Gasteiger partial charge in [0.05, 0.1) is 6.04 Å². The number of nitrogens with two attached hydrogens (primary N) is 1. The second-order valence-corrected chi connectivity index (χ2v) is 7.79. The second kappa shape index (κ2) is 8.77. The zero-order chi connectivity index (χ0) is 21.1. The molecule has 1 aliphatic rings. The molecule has 2 N–H and O–H groups in total. The summed E-state index contributed by atoms with van der Waals surface area (Å²) >= 11 is 0. The number of rotatable bonds is 6. The summed E-state index contributed by atoms with van der Waals surface area (Å²) in [5, 5.41) is 4.15. The highest BCUT2D eigenvalue weighted by Gasteiger charge is 2.31. The summed E-state index contributed by atoms with van der Waals surface area (Å²) in [4.78, 5) is 21.2. The molecule has 2 aromatic carbocycles. The molecule has 156 valence electrons. The van der Waals surface area contributed by atoms with Gasteiger partial charge in [-0.15, -0.1) is 0 Å². The minimum absolute atomic E-state index is 0.00241. The van der Waals surface area contributed by atoms with E-state index in [1.807, 2.05) is 61.5 Å². The summed E-state index contributed by atoms with van der Waals surface area (Å²) in [6.07, 6.45) is 0. The number of amides is 1. The van der Waals surface area contributed by atoms with Crippen LogP contribution in [0.1, 0.15) is 36.0 Å². The molecule has 1 aromatic heterocycles. The van der Waals surface area contributed by atoms with Gasteiger partial charge in [-0.25, -0.2) is 0 Å². The Bertz CT molecular complexity index is 978. The Hall–Kier alpha value is -3.03. The van der Waals surface area contributed by atoms with E-state index in [-0.39, 0.29) is 11.9 Å². The molecule has 4 rings (SSSR count). The summed E-state index contributed by atoms with van der Waals surface area (Å²) in [6, 6.07) is 17.4. The standard InChI is InChI=1S/C23H27N5O2/c1-16-8-10-19(11-9-16)22-25-23(30-26-22)17(2)27-12-14-28(15-13-27)20(21(24)29)18-6-4-3-5-7-18/h3-11,17,20H,12-15H2,1-2H3,(H2,24,29). The average molecular weight is 406 g/mol. The van der Waals surface area contributed by atoms with Crippen molar-refractivity contribution in [3.8, 4) is 11.4 Å². The third-order valence-corrected chi connectivity index (χ3v) is 5.76. The predicted molar refractivity (Wildman–Crippen MR) is 114 cm³/mol. The molecule has 2 unspecified atom stereocenters. The van der Waals surface area contributed by atoms with Crippen molar-refractivity contribution in [3.63, 3.8) is 0 Å². The van der Waals surface area contributed by atoms with E-state index >= 15 is 0 Å². The Labute approximate surface area is 176 Å². The fourth-order valence-electron chi connectivity index (χ4n) is 3.95. The van der Waals surface area contributed by atoms with Gasteiger partial charge in [0, 0.05) is 31.7 Å². The largest absolute Gasteiger partial charge is 0.368 e. The molecule has 1 aliphatic heterocycles. The predicted octanol–water partition coefficient (Wildman–Crippen LogP) is 2.95. The van der Waals surface area contributed by atoms with E-state index in [0.29, 0.717) is 11.7 Å². The van der Waals surface area contributed by atoms with E-state index in [1.54, 1.807) is 0 Å². The molecular weight excluding hydrogens is 378 g/mol. The first-order valence-electron chi connectivity index (χ1n) is 10.3. The number of nitrogens with zero attached hydrogens (tertiary/aromatic N) is 4. The molecule has 2 heterocycles. The van der Waals surface area contributed by atoms with Gasteiger partial charge in [0.2, 0.25) is 17.6 Å². The lowest BCUT2D eigenvalue weighted by Gasteiger charge is -2.39. The van der Waals surface area contributed by atoms with E-state index in [9.17, 15) is 4.79 Å². The summed E-state index contributed by atoms with van der Waals surface area (Å²) in [7, 11) is 0. The van der Waals surface area contributed by atoms with Crippen molar-refractivity contribution in [2.45, 2.75) is 25.9 Å². The van der Waals surface area contributed by atoms with Crippen LogP contribution in [-0.4, -0.2) is 52.0 Å². The van der Waals surface area contributed by atoms with Gasteiger partial charge in [-0.1, -0.05) is 65.3 Å². The topological polar surface area (TPSA) is 88.5 Å². The van der Waals surface area contributed by atoms with Crippen molar-refractivity contribution in [1.82, 2.24) is 19.9 Å². The van der Waals surface area contributed by atoms with Crippen LogP contribution in [0, 0.1) is 6.92 Å². The molecule has 0 saturated carbocycles. The molecule has 3 aromatic rings.